The van der Waals surface area contributed by atoms with E-state index in [4.69, 9.17) is 5.73 Å². The zero-order valence-corrected chi connectivity index (χ0v) is 13.3. The van der Waals surface area contributed by atoms with Crippen LogP contribution >= 0.6 is 11.3 Å². The molecule has 0 amide bonds. The van der Waals surface area contributed by atoms with Crippen molar-refractivity contribution in [2.75, 3.05) is 13.1 Å². The Bertz CT molecular complexity index is 567. The lowest BCUT2D eigenvalue weighted by Crippen LogP contribution is -2.44. The van der Waals surface area contributed by atoms with Crippen molar-refractivity contribution in [3.63, 3.8) is 0 Å². The van der Waals surface area contributed by atoms with E-state index in [0.29, 0.717) is 29.8 Å². The van der Waals surface area contributed by atoms with Crippen molar-refractivity contribution >= 4 is 21.4 Å². The van der Waals surface area contributed by atoms with Gasteiger partial charge in [0.2, 0.25) is 0 Å². The molecule has 20 heavy (non-hydrogen) atoms. The molecular weight excluding hydrogens is 292 g/mol. The fourth-order valence-corrected chi connectivity index (χ4v) is 6.42. The molecule has 0 spiro atoms. The van der Waals surface area contributed by atoms with Crippen LogP contribution in [0.5, 0.6) is 0 Å². The highest BCUT2D eigenvalue weighted by Gasteiger charge is 2.36. The molecule has 1 saturated heterocycles. The molecule has 112 valence electrons. The maximum Gasteiger partial charge on any atom is 0.252 e. The van der Waals surface area contributed by atoms with E-state index in [-0.39, 0.29) is 0 Å². The number of piperidine rings is 1. The van der Waals surface area contributed by atoms with Gasteiger partial charge in [-0.2, -0.15) is 4.31 Å². The normalized spacial score (nSPS) is 28.2. The van der Waals surface area contributed by atoms with E-state index < -0.39 is 10.0 Å². The molecule has 2 aliphatic rings. The molecule has 4 nitrogen and oxygen atoms in total. The maximum absolute atomic E-state index is 12.7. The molecular formula is C14H22N2O2S2. The van der Waals surface area contributed by atoms with Crippen molar-refractivity contribution in [3.05, 3.63) is 17.0 Å². The first-order chi connectivity index (χ1) is 9.61. The summed E-state index contributed by atoms with van der Waals surface area (Å²) in [6, 6.07) is 3.53. The van der Waals surface area contributed by atoms with Gasteiger partial charge in [-0.25, -0.2) is 8.42 Å². The van der Waals surface area contributed by atoms with Crippen LogP contribution in [0.2, 0.25) is 0 Å². The highest BCUT2D eigenvalue weighted by Crippen LogP contribution is 2.38. The monoisotopic (exact) mass is 314 g/mol. The second kappa shape index (κ2) is 5.75. The third-order valence-electron chi connectivity index (χ3n) is 4.69. The fraction of sp³-hybridized carbons (Fsp3) is 0.714. The molecule has 1 aromatic rings. The topological polar surface area (TPSA) is 63.4 Å². The predicted molar refractivity (Wildman–Crippen MR) is 81.0 cm³/mol. The van der Waals surface area contributed by atoms with Crippen molar-refractivity contribution < 1.29 is 8.42 Å². The summed E-state index contributed by atoms with van der Waals surface area (Å²) in [5.74, 6) is 1.32. The summed E-state index contributed by atoms with van der Waals surface area (Å²) in [4.78, 5) is 0.927. The summed E-state index contributed by atoms with van der Waals surface area (Å²) in [7, 11) is -3.31. The second-order valence-electron chi connectivity index (χ2n) is 5.88. The van der Waals surface area contributed by atoms with E-state index in [0.717, 1.165) is 17.2 Å². The average molecular weight is 314 g/mol. The van der Waals surface area contributed by atoms with Gasteiger partial charge in [-0.05, 0) is 36.8 Å². The molecule has 0 aromatic carbocycles. The number of sulfonamides is 1. The van der Waals surface area contributed by atoms with Crippen LogP contribution in [0.25, 0.3) is 0 Å². The molecule has 1 aromatic heterocycles. The Hall–Kier alpha value is -0.430. The molecule has 2 atom stereocenters. The van der Waals surface area contributed by atoms with Crippen molar-refractivity contribution in [3.8, 4) is 0 Å². The van der Waals surface area contributed by atoms with E-state index in [1.807, 2.05) is 6.07 Å². The Labute approximate surface area is 125 Å². The molecule has 3 rings (SSSR count). The predicted octanol–water partition coefficient (Wildman–Crippen LogP) is 2.41. The van der Waals surface area contributed by atoms with Gasteiger partial charge in [0.15, 0.2) is 0 Å². The van der Waals surface area contributed by atoms with Crippen molar-refractivity contribution in [1.82, 2.24) is 4.31 Å². The Balaban J connectivity index is 1.77. The number of nitrogens with two attached hydrogens (primary N) is 1. The van der Waals surface area contributed by atoms with Crippen LogP contribution in [0.4, 0.5) is 0 Å². The van der Waals surface area contributed by atoms with E-state index in [2.05, 4.69) is 0 Å². The standard InChI is InChI=1S/C14H22N2O2S2/c15-9-13-5-6-14(19-13)20(17,18)16-8-7-11-3-1-2-4-12(11)10-16/h5-6,11-12H,1-4,7-10,15H2. The first kappa shape index (κ1) is 14.5. The van der Waals surface area contributed by atoms with E-state index in [9.17, 15) is 8.42 Å². The number of rotatable bonds is 3. The number of hydrogen-bond acceptors (Lipinski definition) is 4. The van der Waals surface area contributed by atoms with E-state index in [1.165, 1.54) is 37.0 Å². The Morgan fingerprint density at radius 2 is 1.95 bits per heavy atom. The SMILES string of the molecule is NCc1ccc(S(=O)(=O)N2CCC3CCCCC3C2)s1. The number of nitrogens with zero attached hydrogens (tertiary/aromatic N) is 1. The van der Waals surface area contributed by atoms with Gasteiger partial charge >= 0.3 is 0 Å². The van der Waals surface area contributed by atoms with Gasteiger partial charge in [-0.3, -0.25) is 0 Å². The van der Waals surface area contributed by atoms with Crippen molar-refractivity contribution in [2.45, 2.75) is 42.9 Å². The lowest BCUT2D eigenvalue weighted by atomic mass is 9.76. The summed E-state index contributed by atoms with van der Waals surface area (Å²) in [5, 5.41) is 0. The number of hydrogen-bond donors (Lipinski definition) is 1. The van der Waals surface area contributed by atoms with E-state index >= 15 is 0 Å². The van der Waals surface area contributed by atoms with Gasteiger partial charge in [0.25, 0.3) is 10.0 Å². The van der Waals surface area contributed by atoms with Gasteiger partial charge in [-0.15, -0.1) is 11.3 Å². The molecule has 1 aliphatic heterocycles. The van der Waals surface area contributed by atoms with Crippen LogP contribution in [-0.4, -0.2) is 25.8 Å². The highest BCUT2D eigenvalue weighted by molar-refractivity contribution is 7.91. The van der Waals surface area contributed by atoms with Gasteiger partial charge in [0, 0.05) is 24.5 Å². The Morgan fingerprint density at radius 3 is 2.65 bits per heavy atom. The quantitative estimate of drug-likeness (QED) is 0.932. The lowest BCUT2D eigenvalue weighted by molar-refractivity contribution is 0.136. The van der Waals surface area contributed by atoms with E-state index in [1.54, 1.807) is 10.4 Å². The largest absolute Gasteiger partial charge is 0.326 e. The van der Waals surface area contributed by atoms with Crippen LogP contribution in [0, 0.1) is 11.8 Å². The summed E-state index contributed by atoms with van der Waals surface area (Å²) in [6.45, 7) is 1.80. The molecule has 2 unspecified atom stereocenters. The van der Waals surface area contributed by atoms with Crippen LogP contribution in [-0.2, 0) is 16.6 Å². The van der Waals surface area contributed by atoms with Crippen LogP contribution in [0.3, 0.4) is 0 Å². The zero-order chi connectivity index (χ0) is 14.2. The minimum atomic E-state index is -3.31. The first-order valence-corrected chi connectivity index (χ1v) is 9.66. The second-order valence-corrected chi connectivity index (χ2v) is 9.21. The van der Waals surface area contributed by atoms with Gasteiger partial charge in [0.05, 0.1) is 0 Å². The minimum Gasteiger partial charge on any atom is -0.326 e. The summed E-state index contributed by atoms with van der Waals surface area (Å²) >= 11 is 1.31. The molecule has 1 saturated carbocycles. The van der Waals surface area contributed by atoms with Crippen LogP contribution in [0.1, 0.15) is 37.0 Å². The van der Waals surface area contributed by atoms with Crippen molar-refractivity contribution in [1.29, 1.82) is 0 Å². The zero-order valence-electron chi connectivity index (χ0n) is 11.6. The number of thiophene rings is 1. The third kappa shape index (κ3) is 2.66. The van der Waals surface area contributed by atoms with Crippen molar-refractivity contribution in [2.24, 2.45) is 17.6 Å². The minimum absolute atomic E-state index is 0.408. The molecule has 2 N–H and O–H groups in total. The van der Waals surface area contributed by atoms with Crippen LogP contribution < -0.4 is 5.73 Å². The number of fused-ring (bicyclic) bond motifs is 1. The van der Waals surface area contributed by atoms with Gasteiger partial charge in [-0.1, -0.05) is 19.3 Å². The molecule has 2 heterocycles. The third-order valence-corrected chi connectivity index (χ3v) is 8.13. The molecule has 0 bridgehead atoms. The smallest absolute Gasteiger partial charge is 0.252 e. The average Bonchev–Trinajstić information content (AvgIpc) is 2.96. The summed E-state index contributed by atoms with van der Waals surface area (Å²) in [5.41, 5.74) is 5.57. The highest BCUT2D eigenvalue weighted by atomic mass is 32.2. The first-order valence-electron chi connectivity index (χ1n) is 7.40. The van der Waals surface area contributed by atoms with Gasteiger partial charge < -0.3 is 5.73 Å². The lowest BCUT2D eigenvalue weighted by Gasteiger charge is -2.40. The fourth-order valence-electron chi connectivity index (χ4n) is 3.52. The molecule has 6 heteroatoms. The van der Waals surface area contributed by atoms with Crippen LogP contribution in [0.15, 0.2) is 16.3 Å². The molecule has 0 radical (unpaired) electrons. The Morgan fingerprint density at radius 1 is 1.20 bits per heavy atom. The molecule has 1 aliphatic carbocycles. The molecule has 2 fully saturated rings. The summed E-state index contributed by atoms with van der Waals surface area (Å²) in [6.07, 6.45) is 6.08. The summed E-state index contributed by atoms with van der Waals surface area (Å²) < 4.78 is 27.5. The van der Waals surface area contributed by atoms with Gasteiger partial charge in [0.1, 0.15) is 4.21 Å². The Kier molecular flexibility index (Phi) is 4.17. The maximum atomic E-state index is 12.7.